The van der Waals surface area contributed by atoms with Gasteiger partial charge in [-0.15, -0.1) is 0 Å². The van der Waals surface area contributed by atoms with E-state index in [0.29, 0.717) is 18.7 Å². The van der Waals surface area contributed by atoms with Gasteiger partial charge >= 0.3 is 0 Å². The number of aromatic nitrogens is 3. The maximum absolute atomic E-state index is 13.3. The molecule has 1 fully saturated rings. The normalized spacial score (nSPS) is 13.8. The highest BCUT2D eigenvalue weighted by molar-refractivity contribution is 5.96. The van der Waals surface area contributed by atoms with Gasteiger partial charge in [0.15, 0.2) is 5.65 Å². The largest absolute Gasteiger partial charge is 0.356 e. The number of benzene rings is 1. The van der Waals surface area contributed by atoms with Crippen molar-refractivity contribution in [3.8, 4) is 0 Å². The van der Waals surface area contributed by atoms with Gasteiger partial charge in [-0.3, -0.25) is 4.79 Å². The number of nitrogens with zero attached hydrogens (tertiary/aromatic N) is 5. The van der Waals surface area contributed by atoms with Crippen LogP contribution in [-0.2, 0) is 6.54 Å². The number of aryl methyl sites for hydroxylation is 2. The minimum atomic E-state index is -0.153. The van der Waals surface area contributed by atoms with Crippen LogP contribution in [-0.4, -0.2) is 45.4 Å². The molecule has 3 heterocycles. The first kappa shape index (κ1) is 19.3. The fraction of sp³-hybridized carbons (Fsp3) is 0.391. The second-order valence-corrected chi connectivity index (χ2v) is 7.65. The Morgan fingerprint density at radius 2 is 1.79 bits per heavy atom. The molecule has 0 N–H and O–H groups in total. The van der Waals surface area contributed by atoms with Crippen LogP contribution in [0.5, 0.6) is 0 Å². The van der Waals surface area contributed by atoms with Crippen molar-refractivity contribution in [2.45, 2.75) is 40.2 Å². The highest BCUT2D eigenvalue weighted by Gasteiger charge is 2.24. The molecular formula is C23H27N5O. The van der Waals surface area contributed by atoms with E-state index in [1.165, 1.54) is 0 Å². The third kappa shape index (κ3) is 3.92. The zero-order valence-corrected chi connectivity index (χ0v) is 17.4. The van der Waals surface area contributed by atoms with E-state index in [1.807, 2.05) is 44.2 Å². The van der Waals surface area contributed by atoms with Gasteiger partial charge in [-0.05, 0) is 50.8 Å². The van der Waals surface area contributed by atoms with Crippen molar-refractivity contribution in [1.82, 2.24) is 19.9 Å². The zero-order chi connectivity index (χ0) is 20.4. The summed E-state index contributed by atoms with van der Waals surface area (Å²) in [5.74, 6) is 0.922. The summed E-state index contributed by atoms with van der Waals surface area (Å²) < 4.78 is 0. The van der Waals surface area contributed by atoms with E-state index >= 15 is 0 Å². The van der Waals surface area contributed by atoms with Gasteiger partial charge < -0.3 is 9.80 Å². The van der Waals surface area contributed by atoms with Crippen molar-refractivity contribution in [2.24, 2.45) is 0 Å². The average molecular weight is 390 g/mol. The van der Waals surface area contributed by atoms with Crippen molar-refractivity contribution in [3.63, 3.8) is 0 Å². The van der Waals surface area contributed by atoms with Crippen LogP contribution in [0.25, 0.3) is 11.0 Å². The third-order valence-electron chi connectivity index (χ3n) is 5.45. The minimum Gasteiger partial charge on any atom is -0.356 e. The monoisotopic (exact) mass is 389 g/mol. The number of fused-ring (bicyclic) bond motifs is 1. The number of rotatable bonds is 5. The maximum Gasteiger partial charge on any atom is 0.292 e. The quantitative estimate of drug-likeness (QED) is 0.662. The van der Waals surface area contributed by atoms with Crippen LogP contribution in [0.2, 0.25) is 0 Å². The Morgan fingerprint density at radius 3 is 2.48 bits per heavy atom. The fourth-order valence-electron chi connectivity index (χ4n) is 3.98. The first-order valence-electron chi connectivity index (χ1n) is 10.3. The number of anilines is 1. The number of amides is 1. The predicted molar refractivity (Wildman–Crippen MR) is 115 cm³/mol. The molecule has 29 heavy (non-hydrogen) atoms. The first-order valence-corrected chi connectivity index (χ1v) is 10.3. The van der Waals surface area contributed by atoms with Gasteiger partial charge in [-0.25, -0.2) is 15.0 Å². The Kier molecular flexibility index (Phi) is 5.43. The Labute approximate surface area is 171 Å². The Morgan fingerprint density at radius 1 is 1.07 bits per heavy atom. The molecule has 1 saturated heterocycles. The van der Waals surface area contributed by atoms with Crippen molar-refractivity contribution in [2.75, 3.05) is 24.5 Å². The van der Waals surface area contributed by atoms with Gasteiger partial charge in [-0.2, -0.15) is 0 Å². The van der Waals surface area contributed by atoms with Crippen molar-refractivity contribution in [3.05, 3.63) is 59.0 Å². The summed E-state index contributed by atoms with van der Waals surface area (Å²) in [4.78, 5) is 31.4. The minimum absolute atomic E-state index is 0.153. The van der Waals surface area contributed by atoms with Crippen LogP contribution in [0.1, 0.15) is 47.2 Å². The summed E-state index contributed by atoms with van der Waals surface area (Å²) in [6.07, 6.45) is 2.28. The molecule has 0 spiro atoms. The molecule has 0 saturated carbocycles. The van der Waals surface area contributed by atoms with Crippen LogP contribution in [0.4, 0.5) is 5.82 Å². The molecule has 4 rings (SSSR count). The molecule has 0 radical (unpaired) electrons. The van der Waals surface area contributed by atoms with Crippen molar-refractivity contribution < 1.29 is 4.79 Å². The number of carbonyl (C=O) groups is 1. The molecule has 150 valence electrons. The lowest BCUT2D eigenvalue weighted by atomic mass is 10.1. The van der Waals surface area contributed by atoms with Gasteiger partial charge in [0.05, 0.1) is 5.39 Å². The molecule has 6 nitrogen and oxygen atoms in total. The Bertz CT molecular complexity index is 1030. The van der Waals surface area contributed by atoms with E-state index in [2.05, 4.69) is 27.9 Å². The third-order valence-corrected chi connectivity index (χ3v) is 5.45. The average Bonchev–Trinajstić information content (AvgIpc) is 3.26. The van der Waals surface area contributed by atoms with E-state index in [9.17, 15) is 4.79 Å². The van der Waals surface area contributed by atoms with Crippen molar-refractivity contribution in [1.29, 1.82) is 0 Å². The molecular weight excluding hydrogens is 362 g/mol. The molecule has 2 aromatic heterocycles. The van der Waals surface area contributed by atoms with E-state index in [1.54, 1.807) is 4.90 Å². The molecule has 1 aliphatic heterocycles. The number of carbonyl (C=O) groups excluding carboxylic acids is 1. The van der Waals surface area contributed by atoms with Crippen LogP contribution in [0, 0.1) is 13.8 Å². The lowest BCUT2D eigenvalue weighted by molar-refractivity contribution is 0.0740. The molecule has 0 atom stereocenters. The van der Waals surface area contributed by atoms with Crippen molar-refractivity contribution >= 4 is 22.8 Å². The van der Waals surface area contributed by atoms with E-state index in [-0.39, 0.29) is 11.7 Å². The topological polar surface area (TPSA) is 62.2 Å². The molecule has 0 unspecified atom stereocenters. The first-order chi connectivity index (χ1) is 14.1. The summed E-state index contributed by atoms with van der Waals surface area (Å²) in [5.41, 5.74) is 3.70. The smallest absolute Gasteiger partial charge is 0.292 e. The molecule has 1 amide bonds. The van der Waals surface area contributed by atoms with Gasteiger partial charge in [0.1, 0.15) is 5.82 Å². The molecule has 6 heteroatoms. The van der Waals surface area contributed by atoms with Crippen LogP contribution < -0.4 is 4.90 Å². The highest BCUT2D eigenvalue weighted by atomic mass is 16.2. The second-order valence-electron chi connectivity index (χ2n) is 7.65. The number of hydrogen-bond acceptors (Lipinski definition) is 5. The predicted octanol–water partition coefficient (Wildman–Crippen LogP) is 3.90. The summed E-state index contributed by atoms with van der Waals surface area (Å²) >= 11 is 0. The van der Waals surface area contributed by atoms with Gasteiger partial charge in [-0.1, -0.05) is 30.3 Å². The lowest BCUT2D eigenvalue weighted by Crippen LogP contribution is -2.32. The van der Waals surface area contributed by atoms with Crippen LogP contribution in [0.3, 0.4) is 0 Å². The standard InChI is InChI=1S/C23H27N5O/c1-4-27(15-18-10-6-5-7-11-18)23(29)21-25-20-19(16(2)14-17(3)24-20)22(26-21)28-12-8-9-13-28/h5-7,10-11,14H,4,8-9,12-13,15H2,1-3H3. The summed E-state index contributed by atoms with van der Waals surface area (Å²) in [7, 11) is 0. The maximum atomic E-state index is 13.3. The fourth-order valence-corrected chi connectivity index (χ4v) is 3.98. The van der Waals surface area contributed by atoms with E-state index < -0.39 is 0 Å². The summed E-state index contributed by atoms with van der Waals surface area (Å²) in [6, 6.07) is 12.1. The van der Waals surface area contributed by atoms with Gasteiger partial charge in [0.2, 0.25) is 5.82 Å². The molecule has 1 aliphatic rings. The van der Waals surface area contributed by atoms with Crippen LogP contribution >= 0.6 is 0 Å². The molecule has 3 aromatic rings. The summed E-state index contributed by atoms with van der Waals surface area (Å²) in [5, 5.41) is 0.958. The zero-order valence-electron chi connectivity index (χ0n) is 17.4. The Hall–Kier alpha value is -3.02. The number of hydrogen-bond donors (Lipinski definition) is 0. The van der Waals surface area contributed by atoms with Gasteiger partial charge in [0, 0.05) is 31.9 Å². The van der Waals surface area contributed by atoms with Gasteiger partial charge in [0.25, 0.3) is 5.91 Å². The van der Waals surface area contributed by atoms with Crippen LogP contribution in [0.15, 0.2) is 36.4 Å². The second kappa shape index (κ2) is 8.15. The number of pyridine rings is 1. The molecule has 0 bridgehead atoms. The van der Waals surface area contributed by atoms with E-state index in [0.717, 1.165) is 54.0 Å². The SMILES string of the molecule is CCN(Cc1ccccc1)C(=O)c1nc(N2CCCC2)c2c(C)cc(C)nc2n1. The summed E-state index contributed by atoms with van der Waals surface area (Å²) in [6.45, 7) is 9.04. The Balaban J connectivity index is 1.77. The van der Waals surface area contributed by atoms with E-state index in [4.69, 9.17) is 4.98 Å². The lowest BCUT2D eigenvalue weighted by Gasteiger charge is -2.23. The highest BCUT2D eigenvalue weighted by Crippen LogP contribution is 2.29. The molecule has 1 aromatic carbocycles. The molecule has 0 aliphatic carbocycles.